The Balaban J connectivity index is 2.03. The van der Waals surface area contributed by atoms with E-state index in [1.54, 1.807) is 17.2 Å². The van der Waals surface area contributed by atoms with E-state index < -0.39 is 0 Å². The van der Waals surface area contributed by atoms with Crippen molar-refractivity contribution in [1.29, 1.82) is 0 Å². The van der Waals surface area contributed by atoms with Crippen LogP contribution >= 0.6 is 24.0 Å². The lowest BCUT2D eigenvalue weighted by Gasteiger charge is -2.21. The minimum atomic E-state index is -0.227. The molecule has 1 amide bonds. The number of thiocarbonyl (C=S) groups is 1. The second-order valence-corrected chi connectivity index (χ2v) is 9.03. The smallest absolute Gasteiger partial charge is 0.267 e. The molecule has 0 radical (unpaired) electrons. The molecule has 0 unspecified atom stereocenters. The second-order valence-electron chi connectivity index (χ2n) is 7.35. The molecule has 0 aromatic carbocycles. The number of rotatable bonds is 9. The molecule has 0 spiro atoms. The molecule has 1 aliphatic heterocycles. The molecule has 0 saturated carbocycles. The number of pyridine rings is 1. The molecule has 1 aliphatic rings. The average Bonchev–Trinajstić information content (AvgIpc) is 3.03. The maximum atomic E-state index is 13.3. The lowest BCUT2D eigenvalue weighted by atomic mass is 10.2. The molecule has 2 aromatic heterocycles. The Bertz CT molecular complexity index is 1080. The fourth-order valence-electron chi connectivity index (χ4n) is 3.28. The van der Waals surface area contributed by atoms with Crippen LogP contribution < -0.4 is 10.9 Å². The molecule has 1 fully saturated rings. The number of anilines is 1. The van der Waals surface area contributed by atoms with Crippen molar-refractivity contribution in [2.75, 3.05) is 25.1 Å². The number of aromatic nitrogens is 2. The Morgan fingerprint density at radius 1 is 1.35 bits per heavy atom. The molecular weight excluding hydrogens is 432 g/mol. The fraction of sp³-hybridized carbons (Fsp3) is 0.455. The Morgan fingerprint density at radius 2 is 2.13 bits per heavy atom. The van der Waals surface area contributed by atoms with Crippen LogP contribution in [0.5, 0.6) is 0 Å². The van der Waals surface area contributed by atoms with E-state index in [0.29, 0.717) is 46.0 Å². The van der Waals surface area contributed by atoms with Gasteiger partial charge in [-0.3, -0.25) is 18.9 Å². The van der Waals surface area contributed by atoms with E-state index in [1.807, 2.05) is 39.8 Å². The number of carbonyl (C=O) groups excluding carboxylic acids is 1. The molecule has 0 bridgehead atoms. The Hall–Kier alpha value is -2.23. The van der Waals surface area contributed by atoms with Crippen LogP contribution in [0.25, 0.3) is 11.7 Å². The first-order valence-electron chi connectivity index (χ1n) is 10.5. The Kier molecular flexibility index (Phi) is 7.85. The molecule has 31 heavy (non-hydrogen) atoms. The SMILES string of the molecule is CCOCCCNc1nc2c(C)cccn2c(=O)c1/C=C1/SC(=S)N([C@@H](C)CC)C1=O. The third kappa shape index (κ3) is 4.99. The van der Waals surface area contributed by atoms with Gasteiger partial charge in [-0.1, -0.05) is 37.0 Å². The zero-order valence-electron chi connectivity index (χ0n) is 18.3. The quantitative estimate of drug-likeness (QED) is 0.346. The lowest BCUT2D eigenvalue weighted by molar-refractivity contribution is -0.123. The van der Waals surface area contributed by atoms with E-state index in [4.69, 9.17) is 21.9 Å². The molecular formula is C22H28N4O3S2. The summed E-state index contributed by atoms with van der Waals surface area (Å²) in [4.78, 5) is 33.1. The molecule has 1 saturated heterocycles. The first-order chi connectivity index (χ1) is 14.9. The summed E-state index contributed by atoms with van der Waals surface area (Å²) in [5.74, 6) is 0.296. The molecule has 7 nitrogen and oxygen atoms in total. The Morgan fingerprint density at radius 3 is 2.84 bits per heavy atom. The predicted octanol–water partition coefficient (Wildman–Crippen LogP) is 3.84. The van der Waals surface area contributed by atoms with Gasteiger partial charge >= 0.3 is 0 Å². The minimum absolute atomic E-state index is 0.00744. The maximum Gasteiger partial charge on any atom is 0.267 e. The molecule has 1 N–H and O–H groups in total. The zero-order valence-corrected chi connectivity index (χ0v) is 19.9. The normalized spacial score (nSPS) is 16.5. The molecule has 0 aliphatic carbocycles. The van der Waals surface area contributed by atoms with Crippen LogP contribution in [0.2, 0.25) is 0 Å². The number of aryl methyl sites for hydroxylation is 1. The van der Waals surface area contributed by atoms with Gasteiger partial charge in [0.25, 0.3) is 11.5 Å². The van der Waals surface area contributed by atoms with Crippen LogP contribution in [0.1, 0.15) is 44.7 Å². The highest BCUT2D eigenvalue weighted by atomic mass is 32.2. The lowest BCUT2D eigenvalue weighted by Crippen LogP contribution is -2.36. The van der Waals surface area contributed by atoms with Gasteiger partial charge in [-0.15, -0.1) is 0 Å². The number of fused-ring (bicyclic) bond motifs is 1. The first kappa shape index (κ1) is 23.4. The summed E-state index contributed by atoms with van der Waals surface area (Å²) in [6, 6.07) is 3.73. The summed E-state index contributed by atoms with van der Waals surface area (Å²) in [5, 5.41) is 3.26. The molecule has 2 aromatic rings. The van der Waals surface area contributed by atoms with Crippen LogP contribution in [0.15, 0.2) is 28.0 Å². The average molecular weight is 461 g/mol. The third-order valence-corrected chi connectivity index (χ3v) is 6.51. The number of hydrogen-bond acceptors (Lipinski definition) is 7. The van der Waals surface area contributed by atoms with Crippen molar-refractivity contribution in [1.82, 2.24) is 14.3 Å². The van der Waals surface area contributed by atoms with Crippen LogP contribution in [0.4, 0.5) is 5.82 Å². The van der Waals surface area contributed by atoms with E-state index in [2.05, 4.69) is 5.32 Å². The molecule has 3 rings (SSSR count). The van der Waals surface area contributed by atoms with Crippen molar-refractivity contribution in [2.45, 2.75) is 46.6 Å². The van der Waals surface area contributed by atoms with Gasteiger partial charge in [-0.05, 0) is 51.3 Å². The van der Waals surface area contributed by atoms with E-state index >= 15 is 0 Å². The zero-order chi connectivity index (χ0) is 22.5. The van der Waals surface area contributed by atoms with Crippen LogP contribution in [0, 0.1) is 6.92 Å². The standard InChI is InChI=1S/C22H28N4O3S2/c1-5-15(4)26-21(28)17(31-22(26)30)13-16-18(23-10-8-12-29-6-2)24-19-14(3)9-7-11-25(19)20(16)27/h7,9,11,13,15,23H,5-6,8,10,12H2,1-4H3/b17-13+/t15-/m0/s1. The highest BCUT2D eigenvalue weighted by Gasteiger charge is 2.35. The monoisotopic (exact) mass is 460 g/mol. The number of ether oxygens (including phenoxy) is 1. The van der Waals surface area contributed by atoms with Crippen LogP contribution in [0.3, 0.4) is 0 Å². The van der Waals surface area contributed by atoms with Gasteiger partial charge in [0.05, 0.1) is 10.5 Å². The maximum absolute atomic E-state index is 13.3. The van der Waals surface area contributed by atoms with Crippen molar-refractivity contribution in [3.63, 3.8) is 0 Å². The van der Waals surface area contributed by atoms with E-state index in [0.717, 1.165) is 18.4 Å². The van der Waals surface area contributed by atoms with Crippen molar-refractivity contribution in [3.8, 4) is 0 Å². The fourth-order valence-corrected chi connectivity index (χ4v) is 4.72. The molecule has 166 valence electrons. The number of nitrogens with one attached hydrogen (secondary N) is 1. The number of thioether (sulfide) groups is 1. The number of hydrogen-bond donors (Lipinski definition) is 1. The number of carbonyl (C=O) groups is 1. The van der Waals surface area contributed by atoms with Gasteiger partial charge in [-0.25, -0.2) is 4.98 Å². The summed E-state index contributed by atoms with van der Waals surface area (Å²) >= 11 is 6.65. The van der Waals surface area contributed by atoms with E-state index in [9.17, 15) is 9.59 Å². The minimum Gasteiger partial charge on any atom is -0.382 e. The largest absolute Gasteiger partial charge is 0.382 e. The van der Waals surface area contributed by atoms with E-state index in [1.165, 1.54) is 16.2 Å². The topological polar surface area (TPSA) is 75.9 Å². The van der Waals surface area contributed by atoms with Crippen LogP contribution in [-0.4, -0.2) is 50.3 Å². The van der Waals surface area contributed by atoms with Gasteiger partial charge in [0.1, 0.15) is 15.8 Å². The van der Waals surface area contributed by atoms with Gasteiger partial charge in [-0.2, -0.15) is 0 Å². The summed E-state index contributed by atoms with van der Waals surface area (Å²) in [7, 11) is 0. The van der Waals surface area contributed by atoms with Crippen molar-refractivity contribution in [3.05, 3.63) is 44.7 Å². The predicted molar refractivity (Wildman–Crippen MR) is 131 cm³/mol. The third-order valence-electron chi connectivity index (χ3n) is 5.18. The van der Waals surface area contributed by atoms with Gasteiger partial charge in [0.2, 0.25) is 0 Å². The molecule has 3 heterocycles. The van der Waals surface area contributed by atoms with Crippen molar-refractivity contribution < 1.29 is 9.53 Å². The van der Waals surface area contributed by atoms with Gasteiger partial charge in [0.15, 0.2) is 0 Å². The first-order valence-corrected chi connectivity index (χ1v) is 11.7. The van der Waals surface area contributed by atoms with E-state index in [-0.39, 0.29) is 17.5 Å². The summed E-state index contributed by atoms with van der Waals surface area (Å²) < 4.78 is 7.42. The number of amides is 1. The van der Waals surface area contributed by atoms with Crippen molar-refractivity contribution in [2.24, 2.45) is 0 Å². The molecule has 9 heteroatoms. The second kappa shape index (κ2) is 10.4. The summed E-state index contributed by atoms with van der Waals surface area (Å²) in [5.41, 5.74) is 1.61. The summed E-state index contributed by atoms with van der Waals surface area (Å²) in [6.45, 7) is 9.74. The summed E-state index contributed by atoms with van der Waals surface area (Å²) in [6.07, 6.45) is 4.89. The highest BCUT2D eigenvalue weighted by Crippen LogP contribution is 2.34. The van der Waals surface area contributed by atoms with Crippen molar-refractivity contribution >= 4 is 51.7 Å². The van der Waals surface area contributed by atoms with Gasteiger partial charge in [0, 0.05) is 32.0 Å². The Labute approximate surface area is 191 Å². The highest BCUT2D eigenvalue weighted by molar-refractivity contribution is 8.26. The number of nitrogens with zero attached hydrogens (tertiary/aromatic N) is 3. The van der Waals surface area contributed by atoms with Crippen LogP contribution in [-0.2, 0) is 9.53 Å². The molecule has 1 atom stereocenters. The van der Waals surface area contributed by atoms with Gasteiger partial charge < -0.3 is 10.1 Å².